The lowest BCUT2D eigenvalue weighted by atomic mass is 10.1. The first-order valence-electron chi connectivity index (χ1n) is 7.47. The van der Waals surface area contributed by atoms with Gasteiger partial charge in [0.05, 0.1) is 6.54 Å². The summed E-state index contributed by atoms with van der Waals surface area (Å²) in [5, 5.41) is 6.86. The van der Waals surface area contributed by atoms with Crippen molar-refractivity contribution in [1.29, 1.82) is 0 Å². The van der Waals surface area contributed by atoms with E-state index in [1.807, 2.05) is 55.5 Å². The number of aryl methyl sites for hydroxylation is 1. The van der Waals surface area contributed by atoms with Gasteiger partial charge in [-0.1, -0.05) is 54.9 Å². The van der Waals surface area contributed by atoms with Gasteiger partial charge >= 0.3 is 0 Å². The fourth-order valence-corrected chi connectivity index (χ4v) is 2.63. The number of rotatable bonds is 6. The number of benzene rings is 2. The molecule has 116 valence electrons. The van der Waals surface area contributed by atoms with Crippen LogP contribution in [0, 0.1) is 0 Å². The van der Waals surface area contributed by atoms with Crippen LogP contribution in [0.15, 0.2) is 48.5 Å². The Morgan fingerprint density at radius 1 is 1.14 bits per heavy atom. The Balaban J connectivity index is 1.92. The van der Waals surface area contributed by atoms with Gasteiger partial charge in [-0.2, -0.15) is 0 Å². The maximum atomic E-state index is 12.1. The topological polar surface area (TPSA) is 41.1 Å². The number of para-hydroxylation sites is 1. The third-order valence-corrected chi connectivity index (χ3v) is 3.96. The summed E-state index contributed by atoms with van der Waals surface area (Å²) in [6.45, 7) is 4.31. The number of amides is 1. The van der Waals surface area contributed by atoms with E-state index in [4.69, 9.17) is 11.6 Å². The Hall–Kier alpha value is -1.84. The van der Waals surface area contributed by atoms with Crippen LogP contribution in [0.5, 0.6) is 0 Å². The van der Waals surface area contributed by atoms with E-state index >= 15 is 0 Å². The maximum Gasteiger partial charge on any atom is 0.238 e. The minimum Gasteiger partial charge on any atom is -0.325 e. The molecular weight excluding hydrogens is 296 g/mol. The summed E-state index contributed by atoms with van der Waals surface area (Å²) in [5.74, 6) is -0.0557. The highest BCUT2D eigenvalue weighted by molar-refractivity contribution is 6.31. The molecule has 0 aliphatic heterocycles. The van der Waals surface area contributed by atoms with E-state index in [0.29, 0.717) is 5.02 Å². The fourth-order valence-electron chi connectivity index (χ4n) is 2.33. The van der Waals surface area contributed by atoms with Crippen LogP contribution in [-0.2, 0) is 11.2 Å². The molecule has 1 amide bonds. The second-order valence-electron chi connectivity index (χ2n) is 5.18. The zero-order chi connectivity index (χ0) is 15.9. The summed E-state index contributed by atoms with van der Waals surface area (Å²) >= 11 is 6.16. The van der Waals surface area contributed by atoms with E-state index < -0.39 is 0 Å². The molecule has 4 heteroatoms. The van der Waals surface area contributed by atoms with Crippen molar-refractivity contribution in [3.8, 4) is 0 Å². The highest BCUT2D eigenvalue weighted by Crippen LogP contribution is 2.22. The highest BCUT2D eigenvalue weighted by Gasteiger charge is 2.11. The van der Waals surface area contributed by atoms with Crippen LogP contribution < -0.4 is 10.6 Å². The second kappa shape index (κ2) is 7.97. The Kier molecular flexibility index (Phi) is 5.99. The highest BCUT2D eigenvalue weighted by atomic mass is 35.5. The van der Waals surface area contributed by atoms with Gasteiger partial charge in [0.25, 0.3) is 0 Å². The third kappa shape index (κ3) is 4.33. The van der Waals surface area contributed by atoms with Gasteiger partial charge in [0.15, 0.2) is 0 Å². The quantitative estimate of drug-likeness (QED) is 0.839. The minimum atomic E-state index is -0.0557. The van der Waals surface area contributed by atoms with E-state index in [-0.39, 0.29) is 18.5 Å². The molecule has 2 rings (SSSR count). The molecule has 0 spiro atoms. The first-order chi connectivity index (χ1) is 10.6. The molecule has 0 aromatic heterocycles. The molecule has 2 aromatic carbocycles. The summed E-state index contributed by atoms with van der Waals surface area (Å²) in [7, 11) is 0. The molecular formula is C18H21ClN2O. The Morgan fingerprint density at radius 3 is 2.55 bits per heavy atom. The lowest BCUT2D eigenvalue weighted by molar-refractivity contribution is -0.115. The predicted octanol–water partition coefficient (Wildman–Crippen LogP) is 4.19. The predicted molar refractivity (Wildman–Crippen MR) is 92.3 cm³/mol. The number of halogens is 1. The molecule has 0 saturated carbocycles. The van der Waals surface area contributed by atoms with Crippen molar-refractivity contribution in [3.63, 3.8) is 0 Å². The van der Waals surface area contributed by atoms with E-state index in [0.717, 1.165) is 23.2 Å². The van der Waals surface area contributed by atoms with Crippen molar-refractivity contribution >= 4 is 23.2 Å². The smallest absolute Gasteiger partial charge is 0.238 e. The van der Waals surface area contributed by atoms with Crippen molar-refractivity contribution in [2.45, 2.75) is 26.3 Å². The first-order valence-corrected chi connectivity index (χ1v) is 7.85. The lowest BCUT2D eigenvalue weighted by Gasteiger charge is -2.16. The molecule has 3 nitrogen and oxygen atoms in total. The van der Waals surface area contributed by atoms with Crippen molar-refractivity contribution in [2.75, 3.05) is 11.9 Å². The fraction of sp³-hybridized carbons (Fsp3) is 0.278. The van der Waals surface area contributed by atoms with Gasteiger partial charge in [-0.3, -0.25) is 4.79 Å². The van der Waals surface area contributed by atoms with Crippen LogP contribution in [0.2, 0.25) is 5.02 Å². The molecule has 0 unspecified atom stereocenters. The maximum absolute atomic E-state index is 12.1. The van der Waals surface area contributed by atoms with Gasteiger partial charge < -0.3 is 10.6 Å². The largest absolute Gasteiger partial charge is 0.325 e. The number of carbonyl (C=O) groups is 1. The lowest BCUT2D eigenvalue weighted by Crippen LogP contribution is -2.30. The van der Waals surface area contributed by atoms with Crippen molar-refractivity contribution in [2.24, 2.45) is 0 Å². The van der Waals surface area contributed by atoms with E-state index in [9.17, 15) is 4.79 Å². The first kappa shape index (κ1) is 16.5. The normalized spacial score (nSPS) is 12.0. The summed E-state index contributed by atoms with van der Waals surface area (Å²) in [5.41, 5.74) is 3.00. The van der Waals surface area contributed by atoms with Crippen LogP contribution in [-0.4, -0.2) is 12.5 Å². The number of anilines is 1. The summed E-state index contributed by atoms with van der Waals surface area (Å²) in [6.07, 6.45) is 0.889. The van der Waals surface area contributed by atoms with Gasteiger partial charge in [-0.05, 0) is 36.6 Å². The number of hydrogen-bond acceptors (Lipinski definition) is 2. The van der Waals surface area contributed by atoms with Crippen molar-refractivity contribution < 1.29 is 4.79 Å². The minimum absolute atomic E-state index is 0.0147. The zero-order valence-corrected chi connectivity index (χ0v) is 13.7. The van der Waals surface area contributed by atoms with Gasteiger partial charge in [0.1, 0.15) is 0 Å². The Labute approximate surface area is 136 Å². The average Bonchev–Trinajstić information content (AvgIpc) is 2.53. The Morgan fingerprint density at radius 2 is 1.82 bits per heavy atom. The van der Waals surface area contributed by atoms with Gasteiger partial charge in [-0.25, -0.2) is 0 Å². The van der Waals surface area contributed by atoms with Crippen molar-refractivity contribution in [3.05, 3.63) is 64.7 Å². The molecule has 2 N–H and O–H groups in total. The SMILES string of the molecule is CCc1ccccc1NC(=O)CN[C@H](C)c1ccccc1Cl. The molecule has 0 heterocycles. The van der Waals surface area contributed by atoms with Crippen LogP contribution in [0.25, 0.3) is 0 Å². The second-order valence-corrected chi connectivity index (χ2v) is 5.59. The van der Waals surface area contributed by atoms with Crippen LogP contribution in [0.1, 0.15) is 31.0 Å². The third-order valence-electron chi connectivity index (χ3n) is 3.61. The van der Waals surface area contributed by atoms with E-state index in [1.165, 1.54) is 0 Å². The molecule has 0 fully saturated rings. The van der Waals surface area contributed by atoms with E-state index in [2.05, 4.69) is 17.6 Å². The molecule has 1 atom stereocenters. The van der Waals surface area contributed by atoms with Gasteiger partial charge in [0.2, 0.25) is 5.91 Å². The molecule has 0 radical (unpaired) electrons. The van der Waals surface area contributed by atoms with Gasteiger partial charge in [-0.15, -0.1) is 0 Å². The van der Waals surface area contributed by atoms with Gasteiger partial charge in [0, 0.05) is 16.8 Å². The van der Waals surface area contributed by atoms with Crippen molar-refractivity contribution in [1.82, 2.24) is 5.32 Å². The molecule has 22 heavy (non-hydrogen) atoms. The van der Waals surface area contributed by atoms with Crippen LogP contribution in [0.4, 0.5) is 5.69 Å². The molecule has 0 saturated heterocycles. The average molecular weight is 317 g/mol. The number of hydrogen-bond donors (Lipinski definition) is 2. The number of carbonyl (C=O) groups excluding carboxylic acids is 1. The van der Waals surface area contributed by atoms with Crippen LogP contribution >= 0.6 is 11.6 Å². The number of nitrogens with one attached hydrogen (secondary N) is 2. The summed E-state index contributed by atoms with van der Waals surface area (Å²) in [6, 6.07) is 15.5. The monoisotopic (exact) mass is 316 g/mol. The molecule has 0 aliphatic carbocycles. The molecule has 0 bridgehead atoms. The van der Waals surface area contributed by atoms with Crippen LogP contribution in [0.3, 0.4) is 0 Å². The Bertz CT molecular complexity index is 642. The summed E-state index contributed by atoms with van der Waals surface area (Å²) in [4.78, 5) is 12.1. The van der Waals surface area contributed by atoms with E-state index in [1.54, 1.807) is 0 Å². The molecule has 2 aromatic rings. The summed E-state index contributed by atoms with van der Waals surface area (Å²) < 4.78 is 0. The standard InChI is InChI=1S/C18H21ClN2O/c1-3-14-8-4-7-11-17(14)21-18(22)12-20-13(2)15-9-5-6-10-16(15)19/h4-11,13,20H,3,12H2,1-2H3,(H,21,22)/t13-/m1/s1. The molecule has 0 aliphatic rings. The zero-order valence-electron chi connectivity index (χ0n) is 12.9.